The van der Waals surface area contributed by atoms with E-state index in [4.69, 9.17) is 15.2 Å². The number of anilines is 1. The van der Waals surface area contributed by atoms with E-state index >= 15 is 0 Å². The summed E-state index contributed by atoms with van der Waals surface area (Å²) >= 11 is 0. The molecule has 4 rings (SSSR count). The molecular weight excluding hydrogens is 407 g/mol. The molecule has 1 heterocycles. The Morgan fingerprint density at radius 3 is 2.45 bits per heavy atom. The molecule has 1 fully saturated rings. The van der Waals surface area contributed by atoms with Crippen LogP contribution in [0.4, 0.5) is 5.69 Å². The van der Waals surface area contributed by atoms with E-state index in [9.17, 15) is 0 Å². The monoisotopic (exact) mass is 438 g/mol. The van der Waals surface area contributed by atoms with Crippen molar-refractivity contribution in [2.24, 2.45) is 5.92 Å². The first kappa shape index (κ1) is 23.7. The molecule has 0 radical (unpaired) electrons. The highest BCUT2D eigenvalue weighted by Gasteiger charge is 2.38. The molecule has 2 unspecified atom stereocenters. The second-order valence-corrected chi connectivity index (χ2v) is 7.88. The number of likely N-dealkylation sites (tertiary alicyclic amines) is 1. The van der Waals surface area contributed by atoms with Crippen LogP contribution in [0.1, 0.15) is 35.4 Å². The fourth-order valence-corrected chi connectivity index (χ4v) is 4.92. The molecule has 1 aliphatic heterocycles. The van der Waals surface area contributed by atoms with E-state index < -0.39 is 0 Å². The molecule has 6 heteroatoms. The number of ether oxygens (including phenoxy) is 2. The van der Waals surface area contributed by atoms with Gasteiger partial charge in [-0.2, -0.15) is 0 Å². The second-order valence-electron chi connectivity index (χ2n) is 7.88. The third kappa shape index (κ3) is 4.93. The summed E-state index contributed by atoms with van der Waals surface area (Å²) in [7, 11) is 3.47. The zero-order chi connectivity index (χ0) is 18.8. The normalized spacial score (nSPS) is 20.1. The van der Waals surface area contributed by atoms with E-state index in [0.29, 0.717) is 5.92 Å². The molecule has 1 saturated heterocycles. The number of aryl methyl sites for hydroxylation is 1. The van der Waals surface area contributed by atoms with Crippen molar-refractivity contribution in [3.63, 3.8) is 0 Å². The SMILES string of the molecule is COc1ccc2c(c1OC)CCC1CN(CCCc3ccc(N)cc3)CC21.Cl.Cl. The first-order valence-electron chi connectivity index (χ1n) is 10.00. The molecule has 0 aromatic heterocycles. The molecule has 2 aromatic rings. The smallest absolute Gasteiger partial charge is 0.164 e. The molecule has 0 amide bonds. The van der Waals surface area contributed by atoms with Gasteiger partial charge in [0.1, 0.15) is 0 Å². The minimum absolute atomic E-state index is 0. The number of methoxy groups -OCH3 is 2. The second kappa shape index (κ2) is 10.4. The molecule has 0 saturated carbocycles. The highest BCUT2D eigenvalue weighted by molar-refractivity contribution is 5.85. The van der Waals surface area contributed by atoms with E-state index in [0.717, 1.165) is 42.5 Å². The quantitative estimate of drug-likeness (QED) is 0.662. The number of nitrogen functional groups attached to an aromatic ring is 1. The summed E-state index contributed by atoms with van der Waals surface area (Å²) in [6, 6.07) is 12.6. The highest BCUT2D eigenvalue weighted by atomic mass is 35.5. The van der Waals surface area contributed by atoms with Crippen molar-refractivity contribution in [3.05, 3.63) is 53.1 Å². The lowest BCUT2D eigenvalue weighted by molar-refractivity contribution is 0.316. The highest BCUT2D eigenvalue weighted by Crippen LogP contribution is 2.46. The molecule has 4 nitrogen and oxygen atoms in total. The predicted octanol–water partition coefficient (Wildman–Crippen LogP) is 4.72. The summed E-state index contributed by atoms with van der Waals surface area (Å²) < 4.78 is 11.2. The number of halogens is 2. The number of hydrogen-bond donors (Lipinski definition) is 1. The lowest BCUT2D eigenvalue weighted by atomic mass is 9.76. The average molecular weight is 439 g/mol. The minimum atomic E-state index is 0. The zero-order valence-electron chi connectivity index (χ0n) is 17.2. The number of rotatable bonds is 6. The maximum atomic E-state index is 5.77. The fraction of sp³-hybridized carbons (Fsp3) is 0.478. The number of nitrogens with two attached hydrogens (primary N) is 1. The van der Waals surface area contributed by atoms with Crippen molar-refractivity contribution >= 4 is 30.5 Å². The zero-order valence-corrected chi connectivity index (χ0v) is 18.9. The lowest BCUT2D eigenvalue weighted by Gasteiger charge is -2.29. The standard InChI is InChI=1S/C23H30N2O2.2ClH/c1-26-22-12-11-19-20(23(22)27-2)10-7-17-14-25(15-21(17)19)13-3-4-16-5-8-18(24)9-6-16;;/h5-6,8-9,11-12,17,21H,3-4,7,10,13-15,24H2,1-2H3;2*1H. The van der Waals surface area contributed by atoms with Gasteiger partial charge in [0.15, 0.2) is 11.5 Å². The van der Waals surface area contributed by atoms with Gasteiger partial charge in [-0.25, -0.2) is 0 Å². The Morgan fingerprint density at radius 1 is 1.00 bits per heavy atom. The van der Waals surface area contributed by atoms with Crippen molar-refractivity contribution in [3.8, 4) is 11.5 Å². The average Bonchev–Trinajstić information content (AvgIpc) is 3.11. The molecule has 2 atom stereocenters. The van der Waals surface area contributed by atoms with Gasteiger partial charge in [0.25, 0.3) is 0 Å². The molecule has 160 valence electrons. The van der Waals surface area contributed by atoms with Crippen LogP contribution in [-0.4, -0.2) is 38.8 Å². The summed E-state index contributed by atoms with van der Waals surface area (Å²) in [4.78, 5) is 2.65. The lowest BCUT2D eigenvalue weighted by Crippen LogP contribution is -2.22. The third-order valence-electron chi connectivity index (χ3n) is 6.29. The van der Waals surface area contributed by atoms with Crippen molar-refractivity contribution < 1.29 is 9.47 Å². The van der Waals surface area contributed by atoms with Crippen LogP contribution in [0, 0.1) is 5.92 Å². The van der Waals surface area contributed by atoms with E-state index in [2.05, 4.69) is 29.2 Å². The minimum Gasteiger partial charge on any atom is -0.493 e. The topological polar surface area (TPSA) is 47.7 Å². The number of nitrogens with zero attached hydrogens (tertiary/aromatic N) is 1. The molecule has 2 aliphatic rings. The van der Waals surface area contributed by atoms with E-state index in [-0.39, 0.29) is 24.8 Å². The van der Waals surface area contributed by atoms with Crippen LogP contribution in [0.25, 0.3) is 0 Å². The van der Waals surface area contributed by atoms with Crippen molar-refractivity contribution in [2.45, 2.75) is 31.6 Å². The number of hydrogen-bond acceptors (Lipinski definition) is 4. The Labute approximate surface area is 186 Å². The van der Waals surface area contributed by atoms with E-state index in [1.165, 1.54) is 42.6 Å². The molecule has 0 spiro atoms. The molecule has 2 N–H and O–H groups in total. The van der Waals surface area contributed by atoms with Crippen LogP contribution >= 0.6 is 24.8 Å². The summed E-state index contributed by atoms with van der Waals surface area (Å²) in [6.45, 7) is 3.55. The van der Waals surface area contributed by atoms with Gasteiger partial charge in [-0.05, 0) is 67.5 Å². The van der Waals surface area contributed by atoms with Crippen LogP contribution in [0.5, 0.6) is 11.5 Å². The molecule has 29 heavy (non-hydrogen) atoms. The van der Waals surface area contributed by atoms with Gasteiger partial charge in [0, 0.05) is 30.3 Å². The first-order valence-corrected chi connectivity index (χ1v) is 10.00. The van der Waals surface area contributed by atoms with Gasteiger partial charge in [0.2, 0.25) is 0 Å². The van der Waals surface area contributed by atoms with Crippen LogP contribution in [0.2, 0.25) is 0 Å². The summed E-state index contributed by atoms with van der Waals surface area (Å²) in [5.41, 5.74) is 10.8. The third-order valence-corrected chi connectivity index (χ3v) is 6.29. The van der Waals surface area contributed by atoms with Gasteiger partial charge in [0.05, 0.1) is 14.2 Å². The maximum Gasteiger partial charge on any atom is 0.164 e. The van der Waals surface area contributed by atoms with E-state index in [1.54, 1.807) is 14.2 Å². The van der Waals surface area contributed by atoms with Crippen molar-refractivity contribution in [1.82, 2.24) is 4.90 Å². The Morgan fingerprint density at radius 2 is 1.76 bits per heavy atom. The van der Waals surface area contributed by atoms with Gasteiger partial charge < -0.3 is 20.1 Å². The van der Waals surface area contributed by atoms with Crippen LogP contribution < -0.4 is 15.2 Å². The van der Waals surface area contributed by atoms with Gasteiger partial charge in [-0.15, -0.1) is 24.8 Å². The van der Waals surface area contributed by atoms with Gasteiger partial charge >= 0.3 is 0 Å². The first-order chi connectivity index (χ1) is 13.2. The largest absolute Gasteiger partial charge is 0.493 e. The number of fused-ring (bicyclic) bond motifs is 3. The van der Waals surface area contributed by atoms with Crippen LogP contribution in [-0.2, 0) is 12.8 Å². The summed E-state index contributed by atoms with van der Waals surface area (Å²) in [5, 5.41) is 0. The summed E-state index contributed by atoms with van der Waals surface area (Å²) in [5.74, 6) is 3.19. The molecule has 1 aliphatic carbocycles. The van der Waals surface area contributed by atoms with Crippen molar-refractivity contribution in [2.75, 3.05) is 39.6 Å². The maximum absolute atomic E-state index is 5.77. The predicted molar refractivity (Wildman–Crippen MR) is 124 cm³/mol. The van der Waals surface area contributed by atoms with Gasteiger partial charge in [-0.1, -0.05) is 18.2 Å². The molecule has 2 aromatic carbocycles. The Kier molecular flexibility index (Phi) is 8.50. The molecule has 0 bridgehead atoms. The fourth-order valence-electron chi connectivity index (χ4n) is 4.92. The summed E-state index contributed by atoms with van der Waals surface area (Å²) in [6.07, 6.45) is 4.65. The Bertz CT molecular complexity index is 798. The van der Waals surface area contributed by atoms with Crippen LogP contribution in [0.3, 0.4) is 0 Å². The van der Waals surface area contributed by atoms with Crippen LogP contribution in [0.15, 0.2) is 36.4 Å². The Hall–Kier alpha value is -1.62. The van der Waals surface area contributed by atoms with E-state index in [1.807, 2.05) is 12.1 Å². The Balaban J connectivity index is 0.00000150. The number of benzene rings is 2. The van der Waals surface area contributed by atoms with Crippen molar-refractivity contribution in [1.29, 1.82) is 0 Å². The molecular formula is C23H32Cl2N2O2. The van der Waals surface area contributed by atoms with Gasteiger partial charge in [-0.3, -0.25) is 0 Å².